The van der Waals surface area contributed by atoms with E-state index in [1.54, 1.807) is 31.2 Å². The number of Topliss-reactive ketones (excluding diaryl/α,β-unsaturated/α-hetero) is 1. The molecule has 0 radical (unpaired) electrons. The molecule has 0 bridgehead atoms. The Labute approximate surface area is 322 Å². The number of halogens is 1. The second-order valence-electron chi connectivity index (χ2n) is 18.3. The van der Waals surface area contributed by atoms with Gasteiger partial charge in [-0.3, -0.25) is 14.4 Å². The first kappa shape index (κ1) is 36.8. The number of aliphatic hydroxyl groups is 2. The lowest BCUT2D eigenvalue weighted by Gasteiger charge is -2.66. The van der Waals surface area contributed by atoms with Crippen LogP contribution in [0.3, 0.4) is 0 Å². The number of esters is 3. The third kappa shape index (κ3) is 4.18. The monoisotopic (exact) mass is 812 g/mol. The molecule has 292 valence electrons. The van der Waals surface area contributed by atoms with Gasteiger partial charge >= 0.3 is 17.9 Å². The highest BCUT2D eigenvalue weighted by Crippen LogP contribution is 2.82. The number of aliphatic hydroxyl groups excluding tert-OH is 1. The van der Waals surface area contributed by atoms with Crippen LogP contribution < -0.4 is 0 Å². The molecule has 1 aromatic rings. The van der Waals surface area contributed by atoms with Crippen molar-refractivity contribution in [1.29, 1.82) is 0 Å². The van der Waals surface area contributed by atoms with Crippen molar-refractivity contribution in [1.82, 2.24) is 0 Å². The van der Waals surface area contributed by atoms with Crippen molar-refractivity contribution in [3.05, 3.63) is 46.6 Å². The molecule has 12 nitrogen and oxygen atoms in total. The Morgan fingerprint density at radius 2 is 1.52 bits per heavy atom. The van der Waals surface area contributed by atoms with Crippen LogP contribution in [0.25, 0.3) is 0 Å². The third-order valence-electron chi connectivity index (χ3n) is 16.3. The number of hydrogen-bond donors (Lipinski definition) is 2. The summed E-state index contributed by atoms with van der Waals surface area (Å²) in [6.45, 7) is 18.3. The van der Waals surface area contributed by atoms with Gasteiger partial charge in [0.2, 0.25) is 5.79 Å². The first-order valence-corrected chi connectivity index (χ1v) is 20.0. The average molecular weight is 814 g/mol. The molecule has 1 aromatic carbocycles. The molecule has 3 saturated heterocycles. The molecule has 3 heterocycles. The van der Waals surface area contributed by atoms with Gasteiger partial charge in [-0.25, -0.2) is 4.79 Å². The summed E-state index contributed by atoms with van der Waals surface area (Å²) in [7, 11) is 0. The fraction of sp³-hybridized carbons (Fsp3) is 0.707. The van der Waals surface area contributed by atoms with Gasteiger partial charge in [0.05, 0.1) is 23.2 Å². The summed E-state index contributed by atoms with van der Waals surface area (Å²) in [4.78, 5) is 55.4. The summed E-state index contributed by atoms with van der Waals surface area (Å²) < 4.78 is 38.6. The molecule has 0 aromatic heterocycles. The fourth-order valence-electron chi connectivity index (χ4n) is 14.2. The molecule has 0 amide bonds. The molecule has 13 heteroatoms. The van der Waals surface area contributed by atoms with Crippen LogP contribution in [0, 0.1) is 63.6 Å². The van der Waals surface area contributed by atoms with E-state index in [1.807, 2.05) is 34.6 Å². The smallest absolute Gasteiger partial charge is 0.338 e. The van der Waals surface area contributed by atoms with Crippen molar-refractivity contribution in [2.24, 2.45) is 63.6 Å². The number of ether oxygens (including phenoxy) is 6. The van der Waals surface area contributed by atoms with Gasteiger partial charge in [0.25, 0.3) is 0 Å². The van der Waals surface area contributed by atoms with Gasteiger partial charge < -0.3 is 38.6 Å². The van der Waals surface area contributed by atoms with Crippen LogP contribution in [0.5, 0.6) is 0 Å². The van der Waals surface area contributed by atoms with Crippen LogP contribution in [-0.4, -0.2) is 88.0 Å². The van der Waals surface area contributed by atoms with Crippen LogP contribution in [0.1, 0.15) is 72.2 Å². The Morgan fingerprint density at radius 1 is 0.889 bits per heavy atom. The molecule has 0 unspecified atom stereocenters. The van der Waals surface area contributed by atoms with Crippen molar-refractivity contribution in [2.45, 2.75) is 116 Å². The third-order valence-corrected chi connectivity index (χ3v) is 16.8. The minimum atomic E-state index is -1.63. The van der Waals surface area contributed by atoms with Gasteiger partial charge in [0.1, 0.15) is 35.8 Å². The summed E-state index contributed by atoms with van der Waals surface area (Å²) in [6.07, 6.45) is -5.03. The zero-order chi connectivity index (χ0) is 39.0. The zero-order valence-electron chi connectivity index (χ0n) is 31.7. The van der Waals surface area contributed by atoms with Crippen molar-refractivity contribution in [3.8, 4) is 0 Å². The SMILES string of the molecule is C=C1O[C@@]23O[C@@H]2[C@@H](C)[C@H]2[C@@H]([C@H](O)[C@H]4[C@H]5[C@H]([C@H](C)[C@H](OC(C)=O)[C@@]42C)[C@]2(C)[C@H](C[C@@H]4O[C@@H]4[C@@H]2OC(C)=O)C(=O)[C@@H]5OC(=O)c2ccc(Br)cc2)[C@@]3(C)[C@]1(C)O. The topological polar surface area (TPSA) is 171 Å². The van der Waals surface area contributed by atoms with Crippen LogP contribution in [0.15, 0.2) is 41.1 Å². The second kappa shape index (κ2) is 11.2. The maximum Gasteiger partial charge on any atom is 0.338 e. The highest BCUT2D eigenvalue weighted by molar-refractivity contribution is 9.10. The van der Waals surface area contributed by atoms with Gasteiger partial charge in [-0.05, 0) is 68.2 Å². The fourth-order valence-corrected chi connectivity index (χ4v) is 14.4. The van der Waals surface area contributed by atoms with E-state index in [-0.39, 0.29) is 29.1 Å². The minimum absolute atomic E-state index is 0.144. The number of benzene rings is 1. The predicted octanol–water partition coefficient (Wildman–Crippen LogP) is 4.37. The molecule has 54 heavy (non-hydrogen) atoms. The molecule has 20 atom stereocenters. The van der Waals surface area contributed by atoms with E-state index in [0.717, 1.165) is 4.47 Å². The van der Waals surface area contributed by atoms with Crippen LogP contribution in [0.2, 0.25) is 0 Å². The van der Waals surface area contributed by atoms with E-state index < -0.39 is 124 Å². The van der Waals surface area contributed by atoms with Crippen LogP contribution in [0.4, 0.5) is 0 Å². The molecule has 8 aliphatic rings. The Hall–Kier alpha value is -2.84. The van der Waals surface area contributed by atoms with Crippen molar-refractivity contribution in [2.75, 3.05) is 0 Å². The Morgan fingerprint density at radius 3 is 2.15 bits per heavy atom. The Bertz CT molecular complexity index is 1880. The average Bonchev–Trinajstić information content (AvgIpc) is 4.00. The maximum absolute atomic E-state index is 15.3. The summed E-state index contributed by atoms with van der Waals surface area (Å²) in [5, 5.41) is 25.5. The Kier molecular flexibility index (Phi) is 7.61. The first-order chi connectivity index (χ1) is 25.2. The zero-order valence-corrected chi connectivity index (χ0v) is 33.3. The molecule has 5 saturated carbocycles. The highest BCUT2D eigenvalue weighted by atomic mass is 79.9. The van der Waals surface area contributed by atoms with E-state index >= 15 is 4.79 Å². The van der Waals surface area contributed by atoms with E-state index in [9.17, 15) is 24.6 Å². The molecule has 5 aliphatic carbocycles. The first-order valence-electron chi connectivity index (χ1n) is 19.2. The maximum atomic E-state index is 15.3. The second-order valence-corrected chi connectivity index (χ2v) is 19.3. The van der Waals surface area contributed by atoms with Gasteiger partial charge in [-0.1, -0.05) is 50.2 Å². The highest BCUT2D eigenvalue weighted by Gasteiger charge is 2.91. The number of epoxide rings is 2. The Balaban J connectivity index is 1.27. The summed E-state index contributed by atoms with van der Waals surface area (Å²) in [5.41, 5.74) is -4.69. The molecule has 9 rings (SSSR count). The normalized spacial score (nSPS) is 54.2. The van der Waals surface area contributed by atoms with Crippen LogP contribution >= 0.6 is 15.9 Å². The minimum Gasteiger partial charge on any atom is -0.462 e. The molecule has 2 N–H and O–H groups in total. The number of ketones is 1. The number of carbonyl (C=O) groups excluding carboxylic acids is 4. The van der Waals surface area contributed by atoms with Crippen LogP contribution in [-0.2, 0) is 42.8 Å². The van der Waals surface area contributed by atoms with Gasteiger partial charge in [-0.2, -0.15) is 0 Å². The largest absolute Gasteiger partial charge is 0.462 e. The molecule has 3 aliphatic heterocycles. The lowest BCUT2D eigenvalue weighted by Crippen LogP contribution is -2.72. The van der Waals surface area contributed by atoms with E-state index in [1.165, 1.54) is 13.8 Å². The number of fused-ring (bicyclic) bond motifs is 9. The van der Waals surface area contributed by atoms with E-state index in [0.29, 0.717) is 6.42 Å². The molecule has 1 spiro atoms. The van der Waals surface area contributed by atoms with Gasteiger partial charge in [0.15, 0.2) is 11.9 Å². The number of hydrogen-bond acceptors (Lipinski definition) is 12. The summed E-state index contributed by atoms with van der Waals surface area (Å²) in [6, 6.07) is 6.68. The quantitative estimate of drug-likeness (QED) is 0.251. The summed E-state index contributed by atoms with van der Waals surface area (Å²) in [5.74, 6) is -7.94. The van der Waals surface area contributed by atoms with Gasteiger partial charge in [-0.15, -0.1) is 0 Å². The lowest BCUT2D eigenvalue weighted by atomic mass is 9.39. The van der Waals surface area contributed by atoms with E-state index in [4.69, 9.17) is 28.4 Å². The standard InChI is InChI=1S/C41H49BrO12/c1-15-25-24(32(52-36(47)20-10-12-21(42)13-11-20)29(45)22-14-23-31(51-23)35(37(22,25)6)50-19(5)44)27-30(46)28-26(38(27,7)33(15)49-18(4)43)16(2)34-41(54-34)39(28,8)40(9,48)17(3)53-41/h10-13,15-16,22-28,30-35,46,48H,3,14H2,1-2,4-9H3/t15-,16-,22+,23-,24+,25-,26-,27+,28-,30+,31-,32+,33-,34+,35-,37-,38+,39-,40+,41+/m0/s1. The molecular formula is C41H49BrO12. The number of carbonyl (C=O) groups is 4. The van der Waals surface area contributed by atoms with E-state index in [2.05, 4.69) is 22.5 Å². The number of rotatable bonds is 4. The summed E-state index contributed by atoms with van der Waals surface area (Å²) >= 11 is 3.41. The molecular weight excluding hydrogens is 764 g/mol. The van der Waals surface area contributed by atoms with Crippen molar-refractivity contribution >= 4 is 39.6 Å². The molecule has 8 fully saturated rings. The lowest BCUT2D eigenvalue weighted by molar-refractivity contribution is -0.252. The van der Waals surface area contributed by atoms with Crippen molar-refractivity contribution < 1.29 is 57.8 Å². The predicted molar refractivity (Wildman–Crippen MR) is 191 cm³/mol. The van der Waals surface area contributed by atoms with Crippen molar-refractivity contribution in [3.63, 3.8) is 0 Å². The van der Waals surface area contributed by atoms with Gasteiger partial charge in [0, 0.05) is 52.8 Å².